The largest absolute Gasteiger partial charge is 0.377 e. The third kappa shape index (κ3) is 10.6. The van der Waals surface area contributed by atoms with Gasteiger partial charge in [0.1, 0.15) is 0 Å². The maximum atomic E-state index is 12.1. The molecule has 0 radical (unpaired) electrons. The molecule has 1 heterocycles. The van der Waals surface area contributed by atoms with Crippen LogP contribution in [0.25, 0.3) is 0 Å². The van der Waals surface area contributed by atoms with Gasteiger partial charge < -0.3 is 15.4 Å². The summed E-state index contributed by atoms with van der Waals surface area (Å²) in [4.78, 5) is 6.61. The van der Waals surface area contributed by atoms with Crippen molar-refractivity contribution in [1.29, 1.82) is 0 Å². The molecule has 0 saturated carbocycles. The number of ether oxygens (including phenoxy) is 1. The molecule has 1 atom stereocenters. The van der Waals surface area contributed by atoms with E-state index in [0.717, 1.165) is 45.4 Å². The number of guanidine groups is 1. The van der Waals surface area contributed by atoms with Crippen LogP contribution in [-0.2, 0) is 14.8 Å². The molecule has 0 spiro atoms. The zero-order valence-electron chi connectivity index (χ0n) is 18.3. The lowest BCUT2D eigenvalue weighted by molar-refractivity contribution is 0.0200. The van der Waals surface area contributed by atoms with E-state index in [1.165, 1.54) is 0 Å². The van der Waals surface area contributed by atoms with Crippen molar-refractivity contribution in [3.05, 3.63) is 0 Å². The van der Waals surface area contributed by atoms with Crippen LogP contribution in [0, 0.1) is 0 Å². The van der Waals surface area contributed by atoms with Crippen molar-refractivity contribution in [2.75, 3.05) is 45.6 Å². The first-order valence-corrected chi connectivity index (χ1v) is 12.2. The number of hydrogen-bond acceptors (Lipinski definition) is 5. The molecular formula is C19H41N5O3S. The molecule has 3 N–H and O–H groups in total. The minimum Gasteiger partial charge on any atom is -0.377 e. The van der Waals surface area contributed by atoms with Gasteiger partial charge in [-0.15, -0.1) is 0 Å². The van der Waals surface area contributed by atoms with E-state index in [1.54, 1.807) is 7.05 Å². The summed E-state index contributed by atoms with van der Waals surface area (Å²) in [6, 6.07) is 1.04. The highest BCUT2D eigenvalue weighted by Gasteiger charge is 2.17. The molecule has 0 aromatic heterocycles. The SMILES string of the molecule is CN=C(NCCCN(C(C)C)C(C)C)NCCS(=O)(=O)NCC1CCCCO1. The summed E-state index contributed by atoms with van der Waals surface area (Å²) in [7, 11) is -1.63. The number of nitrogens with one attached hydrogen (secondary N) is 3. The topological polar surface area (TPSA) is 95.1 Å². The van der Waals surface area contributed by atoms with Crippen LogP contribution in [0.3, 0.4) is 0 Å². The van der Waals surface area contributed by atoms with Gasteiger partial charge in [-0.05, 0) is 53.4 Å². The van der Waals surface area contributed by atoms with Crippen molar-refractivity contribution in [3.63, 3.8) is 0 Å². The van der Waals surface area contributed by atoms with Crippen molar-refractivity contribution >= 4 is 16.0 Å². The Hall–Kier alpha value is -0.900. The van der Waals surface area contributed by atoms with Crippen LogP contribution < -0.4 is 15.4 Å². The molecule has 28 heavy (non-hydrogen) atoms. The Morgan fingerprint density at radius 1 is 1.14 bits per heavy atom. The number of rotatable bonds is 12. The van der Waals surface area contributed by atoms with Gasteiger partial charge in [-0.1, -0.05) is 0 Å². The van der Waals surface area contributed by atoms with E-state index in [-0.39, 0.29) is 11.9 Å². The van der Waals surface area contributed by atoms with Crippen molar-refractivity contribution in [1.82, 2.24) is 20.3 Å². The summed E-state index contributed by atoms with van der Waals surface area (Å²) in [6.45, 7) is 12.0. The monoisotopic (exact) mass is 419 g/mol. The predicted octanol–water partition coefficient (Wildman–Crippen LogP) is 1.15. The van der Waals surface area contributed by atoms with Crippen molar-refractivity contribution < 1.29 is 13.2 Å². The summed E-state index contributed by atoms with van der Waals surface area (Å²) >= 11 is 0. The van der Waals surface area contributed by atoms with Crippen molar-refractivity contribution in [2.24, 2.45) is 4.99 Å². The van der Waals surface area contributed by atoms with Crippen molar-refractivity contribution in [2.45, 2.75) is 71.6 Å². The van der Waals surface area contributed by atoms with Gasteiger partial charge in [0.25, 0.3) is 0 Å². The van der Waals surface area contributed by atoms with E-state index < -0.39 is 10.0 Å². The predicted molar refractivity (Wildman–Crippen MR) is 116 cm³/mol. The maximum Gasteiger partial charge on any atom is 0.213 e. The summed E-state index contributed by atoms with van der Waals surface area (Å²) in [6.07, 6.45) is 4.08. The molecule has 166 valence electrons. The summed E-state index contributed by atoms with van der Waals surface area (Å²) in [5, 5.41) is 6.32. The molecule has 1 aliphatic heterocycles. The summed E-state index contributed by atoms with van der Waals surface area (Å²) in [5.74, 6) is 0.640. The lowest BCUT2D eigenvalue weighted by Crippen LogP contribution is -2.43. The van der Waals surface area contributed by atoms with Crippen LogP contribution in [0.1, 0.15) is 53.4 Å². The highest BCUT2D eigenvalue weighted by molar-refractivity contribution is 7.89. The Bertz CT molecular complexity index is 538. The van der Waals surface area contributed by atoms with E-state index in [2.05, 4.69) is 52.9 Å². The first-order chi connectivity index (χ1) is 13.2. The van der Waals surface area contributed by atoms with Crippen LogP contribution >= 0.6 is 0 Å². The molecule has 0 amide bonds. The van der Waals surface area contributed by atoms with Crippen LogP contribution in [0.15, 0.2) is 4.99 Å². The third-order valence-electron chi connectivity index (χ3n) is 4.90. The molecule has 1 unspecified atom stereocenters. The smallest absolute Gasteiger partial charge is 0.213 e. The fourth-order valence-electron chi connectivity index (χ4n) is 3.37. The van der Waals surface area contributed by atoms with Crippen LogP contribution in [0.2, 0.25) is 0 Å². The maximum absolute atomic E-state index is 12.1. The second kappa shape index (κ2) is 13.3. The highest BCUT2D eigenvalue weighted by Crippen LogP contribution is 2.11. The number of sulfonamides is 1. The quantitative estimate of drug-likeness (QED) is 0.250. The minimum atomic E-state index is -3.32. The molecule has 1 fully saturated rings. The fraction of sp³-hybridized carbons (Fsp3) is 0.947. The second-order valence-electron chi connectivity index (χ2n) is 7.86. The van der Waals surface area contributed by atoms with E-state index in [0.29, 0.717) is 31.1 Å². The lowest BCUT2D eigenvalue weighted by Gasteiger charge is -2.30. The van der Waals surface area contributed by atoms with Gasteiger partial charge in [0.2, 0.25) is 10.0 Å². The number of nitrogens with zero attached hydrogens (tertiary/aromatic N) is 2. The van der Waals surface area contributed by atoms with Gasteiger partial charge in [-0.2, -0.15) is 0 Å². The average molecular weight is 420 g/mol. The number of aliphatic imine (C=N–C) groups is 1. The Balaban J connectivity index is 2.22. The molecule has 0 bridgehead atoms. The highest BCUT2D eigenvalue weighted by atomic mass is 32.2. The van der Waals surface area contributed by atoms with Gasteiger partial charge in [0.15, 0.2) is 5.96 Å². The third-order valence-corrected chi connectivity index (χ3v) is 6.25. The van der Waals surface area contributed by atoms with E-state index in [9.17, 15) is 8.42 Å². The van der Waals surface area contributed by atoms with Gasteiger partial charge >= 0.3 is 0 Å². The molecule has 0 aliphatic carbocycles. The van der Waals surface area contributed by atoms with Crippen LogP contribution in [-0.4, -0.2) is 83.1 Å². The Morgan fingerprint density at radius 2 is 1.82 bits per heavy atom. The van der Waals surface area contributed by atoms with Crippen LogP contribution in [0.5, 0.6) is 0 Å². The van der Waals surface area contributed by atoms with E-state index in [1.807, 2.05) is 0 Å². The fourth-order valence-corrected chi connectivity index (χ4v) is 4.32. The minimum absolute atomic E-state index is 0.00200. The normalized spacial score (nSPS) is 18.9. The first-order valence-electron chi connectivity index (χ1n) is 10.5. The Morgan fingerprint density at radius 3 is 2.39 bits per heavy atom. The lowest BCUT2D eigenvalue weighted by atomic mass is 10.1. The molecule has 1 saturated heterocycles. The molecule has 1 aliphatic rings. The summed E-state index contributed by atoms with van der Waals surface area (Å²) in [5.41, 5.74) is 0. The molecule has 0 aromatic carbocycles. The Labute approximate surface area is 171 Å². The molecule has 8 nitrogen and oxygen atoms in total. The zero-order chi connectivity index (χ0) is 21.0. The van der Waals surface area contributed by atoms with E-state index >= 15 is 0 Å². The van der Waals surface area contributed by atoms with Gasteiger partial charge in [-0.3, -0.25) is 9.89 Å². The van der Waals surface area contributed by atoms with Gasteiger partial charge in [0, 0.05) is 51.9 Å². The second-order valence-corrected chi connectivity index (χ2v) is 9.79. The molecular weight excluding hydrogens is 378 g/mol. The summed E-state index contributed by atoms with van der Waals surface area (Å²) < 4.78 is 32.5. The molecule has 1 rings (SSSR count). The standard InChI is InChI=1S/C19H41N5O3S/c1-16(2)24(17(3)4)12-8-10-21-19(20-5)22-11-14-28(25,26)23-15-18-9-6-7-13-27-18/h16-18,23H,6-15H2,1-5H3,(H2,20,21,22). The van der Waals surface area contributed by atoms with Crippen LogP contribution in [0.4, 0.5) is 0 Å². The Kier molecular flexibility index (Phi) is 12.0. The zero-order valence-corrected chi connectivity index (χ0v) is 19.1. The molecule has 0 aromatic rings. The van der Waals surface area contributed by atoms with Gasteiger partial charge in [-0.25, -0.2) is 13.1 Å². The van der Waals surface area contributed by atoms with Crippen molar-refractivity contribution in [3.8, 4) is 0 Å². The number of hydrogen-bond donors (Lipinski definition) is 3. The first kappa shape index (κ1) is 25.1. The average Bonchev–Trinajstić information content (AvgIpc) is 2.65. The van der Waals surface area contributed by atoms with Gasteiger partial charge in [0.05, 0.1) is 11.9 Å². The van der Waals surface area contributed by atoms with E-state index in [4.69, 9.17) is 4.74 Å². The molecule has 9 heteroatoms.